The fourth-order valence-electron chi connectivity index (χ4n) is 2.69. The van der Waals surface area contributed by atoms with Crippen molar-refractivity contribution in [1.29, 1.82) is 0 Å². The molecule has 0 aromatic carbocycles. The summed E-state index contributed by atoms with van der Waals surface area (Å²) in [4.78, 5) is 11.2. The molecule has 1 fully saturated rings. The molecule has 0 aliphatic carbocycles. The summed E-state index contributed by atoms with van der Waals surface area (Å²) in [5.41, 5.74) is 0. The van der Waals surface area contributed by atoms with Gasteiger partial charge in [-0.2, -0.15) is 8.42 Å². The number of carbonyl (C=O) groups is 1. The first kappa shape index (κ1) is 14.5. The smallest absolute Gasteiger partial charge is 0.336 e. The van der Waals surface area contributed by atoms with E-state index in [0.717, 1.165) is 0 Å². The summed E-state index contributed by atoms with van der Waals surface area (Å²) in [6, 6.07) is 3.31. The molecular formula is C12H18NO4S2+. The monoisotopic (exact) mass is 304 g/mol. The van der Waals surface area contributed by atoms with Crippen molar-refractivity contribution in [3.63, 3.8) is 0 Å². The first-order valence-corrected chi connectivity index (χ1v) is 8.62. The highest BCUT2D eigenvalue weighted by atomic mass is 32.2. The number of piperidine rings is 1. The molecule has 0 radical (unpaired) electrons. The van der Waals surface area contributed by atoms with Crippen LogP contribution in [0.1, 0.15) is 19.8 Å². The molecule has 1 aliphatic rings. The summed E-state index contributed by atoms with van der Waals surface area (Å²) < 4.78 is 25.7. The largest absolute Gasteiger partial charge is 0.481 e. The Labute approximate surface area is 117 Å². The van der Waals surface area contributed by atoms with Gasteiger partial charge >= 0.3 is 16.0 Å². The van der Waals surface area contributed by atoms with E-state index in [2.05, 4.69) is 0 Å². The summed E-state index contributed by atoms with van der Waals surface area (Å²) in [5, 5.41) is 10.9. The molecule has 106 valence electrons. The third kappa shape index (κ3) is 2.42. The lowest BCUT2D eigenvalue weighted by atomic mass is 9.98. The summed E-state index contributed by atoms with van der Waals surface area (Å²) in [6.07, 6.45) is 1.20. The number of thiophene rings is 1. The van der Waals surface area contributed by atoms with Crippen LogP contribution in [0.4, 0.5) is 0 Å². The number of nitrogens with zero attached hydrogens (tertiary/aromatic N) is 1. The summed E-state index contributed by atoms with van der Waals surface area (Å²) >= 11 is 1.20. The highest BCUT2D eigenvalue weighted by Gasteiger charge is 2.47. The number of quaternary nitrogens is 1. The van der Waals surface area contributed by atoms with Gasteiger partial charge in [0.2, 0.25) is 0 Å². The number of sulfonamides is 1. The SMILES string of the molecule is CC[N+]1(S(=O)(=O)c2cccs2)CCCC(C(=O)O)C1. The number of rotatable bonds is 4. The summed E-state index contributed by atoms with van der Waals surface area (Å²) in [5.74, 6) is -1.46. The Morgan fingerprint density at radius 2 is 2.32 bits per heavy atom. The molecule has 2 unspecified atom stereocenters. The van der Waals surface area contributed by atoms with E-state index >= 15 is 0 Å². The van der Waals surface area contributed by atoms with Crippen LogP contribution in [0.3, 0.4) is 0 Å². The van der Waals surface area contributed by atoms with E-state index in [1.807, 2.05) is 6.92 Å². The second kappa shape index (κ2) is 5.22. The zero-order valence-electron chi connectivity index (χ0n) is 10.8. The second-order valence-electron chi connectivity index (χ2n) is 4.87. The maximum absolute atomic E-state index is 12.8. The van der Waals surface area contributed by atoms with Gasteiger partial charge < -0.3 is 5.11 Å². The summed E-state index contributed by atoms with van der Waals surface area (Å²) in [7, 11) is -3.50. The average Bonchev–Trinajstić information content (AvgIpc) is 2.93. The fraction of sp³-hybridized carbons (Fsp3) is 0.583. The maximum atomic E-state index is 12.8. The Balaban J connectivity index is 2.40. The maximum Gasteiger partial charge on any atom is 0.336 e. The van der Waals surface area contributed by atoms with Gasteiger partial charge in [-0.05, 0) is 37.3 Å². The van der Waals surface area contributed by atoms with E-state index in [4.69, 9.17) is 5.11 Å². The zero-order chi connectivity index (χ0) is 14.1. The Kier molecular flexibility index (Phi) is 3.98. The number of likely N-dealkylation sites (tertiary alicyclic amines) is 1. The third-order valence-electron chi connectivity index (χ3n) is 3.86. The molecule has 19 heavy (non-hydrogen) atoms. The van der Waals surface area contributed by atoms with E-state index < -0.39 is 21.9 Å². The van der Waals surface area contributed by atoms with Crippen LogP contribution in [0.5, 0.6) is 0 Å². The lowest BCUT2D eigenvalue weighted by Gasteiger charge is -2.40. The van der Waals surface area contributed by atoms with E-state index in [9.17, 15) is 13.2 Å². The molecular weight excluding hydrogens is 286 g/mol. The molecule has 1 aromatic rings. The molecule has 1 aromatic heterocycles. The van der Waals surface area contributed by atoms with Crippen LogP contribution in [-0.2, 0) is 14.8 Å². The number of carboxylic acids is 1. The van der Waals surface area contributed by atoms with Crippen molar-refractivity contribution in [3.8, 4) is 0 Å². The van der Waals surface area contributed by atoms with Crippen LogP contribution in [0, 0.1) is 5.92 Å². The Morgan fingerprint density at radius 1 is 1.58 bits per heavy atom. The lowest BCUT2D eigenvalue weighted by molar-refractivity contribution is -0.813. The number of hydrogen-bond acceptors (Lipinski definition) is 4. The van der Waals surface area contributed by atoms with Gasteiger partial charge in [-0.3, -0.25) is 4.79 Å². The highest BCUT2D eigenvalue weighted by molar-refractivity contribution is 7.88. The molecule has 1 aliphatic heterocycles. The predicted octanol–water partition coefficient (Wildman–Crippen LogP) is 1.77. The minimum absolute atomic E-state index is 0.134. The van der Waals surface area contributed by atoms with Crippen molar-refractivity contribution in [2.24, 2.45) is 5.92 Å². The van der Waals surface area contributed by atoms with Crippen LogP contribution >= 0.6 is 11.3 Å². The predicted molar refractivity (Wildman–Crippen MR) is 72.4 cm³/mol. The molecule has 2 rings (SSSR count). The highest BCUT2D eigenvalue weighted by Crippen LogP contribution is 2.33. The molecule has 0 amide bonds. The number of carboxylic acid groups (broad SMARTS) is 1. The molecule has 2 atom stereocenters. The fourth-order valence-corrected chi connectivity index (χ4v) is 5.98. The Hall–Kier alpha value is -0.920. The normalized spacial score (nSPS) is 28.2. The van der Waals surface area contributed by atoms with Crippen molar-refractivity contribution in [2.75, 3.05) is 19.6 Å². The number of aliphatic carboxylic acids is 1. The molecule has 2 heterocycles. The first-order chi connectivity index (χ1) is 8.93. The van der Waals surface area contributed by atoms with Gasteiger partial charge in [0.25, 0.3) is 0 Å². The van der Waals surface area contributed by atoms with Crippen LogP contribution in [-0.4, -0.2) is 43.0 Å². The minimum Gasteiger partial charge on any atom is -0.481 e. The Bertz CT molecular complexity index is 552. The van der Waals surface area contributed by atoms with Crippen molar-refractivity contribution in [1.82, 2.24) is 0 Å². The molecule has 7 heteroatoms. The van der Waals surface area contributed by atoms with Gasteiger partial charge in [0.1, 0.15) is 12.5 Å². The average molecular weight is 304 g/mol. The Morgan fingerprint density at radius 3 is 2.84 bits per heavy atom. The lowest BCUT2D eigenvalue weighted by Crippen LogP contribution is -2.58. The molecule has 1 saturated heterocycles. The van der Waals surface area contributed by atoms with E-state index in [1.54, 1.807) is 17.5 Å². The van der Waals surface area contributed by atoms with E-state index in [-0.39, 0.29) is 10.4 Å². The van der Waals surface area contributed by atoms with Crippen LogP contribution in [0.2, 0.25) is 0 Å². The van der Waals surface area contributed by atoms with Gasteiger partial charge in [0.15, 0.2) is 4.21 Å². The van der Waals surface area contributed by atoms with Crippen LogP contribution in [0.15, 0.2) is 21.7 Å². The van der Waals surface area contributed by atoms with Gasteiger partial charge in [0.05, 0.1) is 13.1 Å². The van der Waals surface area contributed by atoms with Crippen LogP contribution in [0.25, 0.3) is 0 Å². The molecule has 0 bridgehead atoms. The third-order valence-corrected chi connectivity index (χ3v) is 7.69. The van der Waals surface area contributed by atoms with Crippen molar-refractivity contribution < 1.29 is 22.2 Å². The quantitative estimate of drug-likeness (QED) is 0.861. The van der Waals surface area contributed by atoms with Crippen LogP contribution < -0.4 is 0 Å². The van der Waals surface area contributed by atoms with Crippen molar-refractivity contribution in [3.05, 3.63) is 17.5 Å². The topological polar surface area (TPSA) is 71.4 Å². The second-order valence-corrected chi connectivity index (χ2v) is 8.24. The molecule has 1 N–H and O–H groups in total. The van der Waals surface area contributed by atoms with Gasteiger partial charge in [-0.25, -0.2) is 3.89 Å². The zero-order valence-corrected chi connectivity index (χ0v) is 12.4. The van der Waals surface area contributed by atoms with E-state index in [1.165, 1.54) is 11.3 Å². The van der Waals surface area contributed by atoms with Crippen molar-refractivity contribution in [2.45, 2.75) is 24.0 Å². The minimum atomic E-state index is -3.50. The number of hydrogen-bond donors (Lipinski definition) is 1. The van der Waals surface area contributed by atoms with E-state index in [0.29, 0.717) is 30.1 Å². The first-order valence-electron chi connectivity index (χ1n) is 6.30. The van der Waals surface area contributed by atoms with Gasteiger partial charge in [-0.15, -0.1) is 11.3 Å². The summed E-state index contributed by atoms with van der Waals surface area (Å²) in [6.45, 7) is 2.89. The van der Waals surface area contributed by atoms with Crippen molar-refractivity contribution >= 4 is 27.3 Å². The standard InChI is InChI=1S/C12H17NO4S2/c1-2-13(7-3-5-10(9-13)12(14)15)19(16,17)11-6-4-8-18-11/h4,6,8,10H,2-3,5,7,9H2,1H3/p+1. The van der Waals surface area contributed by atoms with Gasteiger partial charge in [-0.1, -0.05) is 0 Å². The van der Waals surface area contributed by atoms with Gasteiger partial charge in [0, 0.05) is 0 Å². The molecule has 5 nitrogen and oxygen atoms in total. The molecule has 0 spiro atoms. The molecule has 0 saturated carbocycles.